The fraction of sp³-hybridized carbons (Fsp3) is 0.500. The summed E-state index contributed by atoms with van der Waals surface area (Å²) >= 11 is 0. The number of benzene rings is 1. The van der Waals surface area contributed by atoms with Crippen molar-refractivity contribution in [3.63, 3.8) is 0 Å². The summed E-state index contributed by atoms with van der Waals surface area (Å²) < 4.78 is 44.5. The van der Waals surface area contributed by atoms with E-state index in [9.17, 15) is 18.0 Å². The number of ether oxygens (including phenoxy) is 1. The first kappa shape index (κ1) is 15.6. The average Bonchev–Trinajstić information content (AvgIpc) is 2.40. The van der Waals surface area contributed by atoms with E-state index in [1.807, 2.05) is 6.92 Å². The molecule has 4 nitrogen and oxygen atoms in total. The van der Waals surface area contributed by atoms with E-state index in [2.05, 4.69) is 5.32 Å². The Morgan fingerprint density at radius 3 is 2.71 bits per heavy atom. The van der Waals surface area contributed by atoms with E-state index >= 15 is 0 Å². The highest BCUT2D eigenvalue weighted by Crippen LogP contribution is 2.35. The molecule has 0 bridgehead atoms. The minimum absolute atomic E-state index is 0.0906. The van der Waals surface area contributed by atoms with E-state index in [-0.39, 0.29) is 17.8 Å². The molecular formula is C14H17F3N2O2. The molecule has 21 heavy (non-hydrogen) atoms. The van der Waals surface area contributed by atoms with Crippen molar-refractivity contribution in [1.82, 2.24) is 5.32 Å². The SMILES string of the molecule is CC1CCNCC1Oc1ccc(C(N)=O)c(C(F)(F)F)c1. The number of nitrogens with one attached hydrogen (secondary N) is 1. The van der Waals surface area contributed by atoms with E-state index in [1.165, 1.54) is 6.07 Å². The summed E-state index contributed by atoms with van der Waals surface area (Å²) in [5.74, 6) is -0.772. The van der Waals surface area contributed by atoms with Crippen molar-refractivity contribution in [3.05, 3.63) is 29.3 Å². The zero-order valence-electron chi connectivity index (χ0n) is 11.5. The third kappa shape index (κ3) is 3.66. The van der Waals surface area contributed by atoms with E-state index in [0.717, 1.165) is 25.1 Å². The Hall–Kier alpha value is -1.76. The fourth-order valence-electron chi connectivity index (χ4n) is 2.34. The summed E-state index contributed by atoms with van der Waals surface area (Å²) in [6.45, 7) is 3.45. The van der Waals surface area contributed by atoms with Gasteiger partial charge < -0.3 is 15.8 Å². The molecule has 1 aliphatic rings. The maximum Gasteiger partial charge on any atom is 0.417 e. The lowest BCUT2D eigenvalue weighted by Gasteiger charge is -2.30. The molecular weight excluding hydrogens is 285 g/mol. The lowest BCUT2D eigenvalue weighted by Crippen LogP contribution is -2.42. The molecule has 1 aromatic rings. The second-order valence-corrected chi connectivity index (χ2v) is 5.20. The molecule has 2 rings (SSSR count). The maximum absolute atomic E-state index is 13.0. The monoisotopic (exact) mass is 302 g/mol. The van der Waals surface area contributed by atoms with Crippen LogP contribution in [0.15, 0.2) is 18.2 Å². The Labute approximate surface area is 120 Å². The molecule has 0 spiro atoms. The number of hydrogen-bond donors (Lipinski definition) is 2. The average molecular weight is 302 g/mol. The molecule has 2 unspecified atom stereocenters. The van der Waals surface area contributed by atoms with Crippen LogP contribution in [0.4, 0.5) is 13.2 Å². The van der Waals surface area contributed by atoms with Crippen molar-refractivity contribution < 1.29 is 22.7 Å². The van der Waals surface area contributed by atoms with Gasteiger partial charge in [-0.3, -0.25) is 4.79 Å². The molecule has 3 N–H and O–H groups in total. The second-order valence-electron chi connectivity index (χ2n) is 5.20. The first-order valence-corrected chi connectivity index (χ1v) is 6.67. The summed E-state index contributed by atoms with van der Waals surface area (Å²) in [7, 11) is 0. The van der Waals surface area contributed by atoms with Crippen LogP contribution < -0.4 is 15.8 Å². The number of alkyl halides is 3. The van der Waals surface area contributed by atoms with E-state index < -0.39 is 23.2 Å². The Balaban J connectivity index is 2.27. The first-order valence-electron chi connectivity index (χ1n) is 6.67. The lowest BCUT2D eigenvalue weighted by atomic mass is 9.97. The summed E-state index contributed by atoms with van der Waals surface area (Å²) in [5, 5.41) is 3.14. The number of hydrogen-bond acceptors (Lipinski definition) is 3. The van der Waals surface area contributed by atoms with E-state index in [0.29, 0.717) is 6.54 Å². The van der Waals surface area contributed by atoms with Crippen LogP contribution in [0.3, 0.4) is 0 Å². The number of primary amides is 1. The van der Waals surface area contributed by atoms with Crippen LogP contribution in [0.1, 0.15) is 29.3 Å². The summed E-state index contributed by atoms with van der Waals surface area (Å²) in [6.07, 6.45) is -3.95. The summed E-state index contributed by atoms with van der Waals surface area (Å²) in [4.78, 5) is 11.1. The predicted molar refractivity (Wildman–Crippen MR) is 71.0 cm³/mol. The van der Waals surface area contributed by atoms with Gasteiger partial charge in [-0.05, 0) is 37.1 Å². The number of carbonyl (C=O) groups excluding carboxylic acids is 1. The molecule has 0 saturated carbocycles. The first-order chi connectivity index (χ1) is 9.79. The Morgan fingerprint density at radius 2 is 2.14 bits per heavy atom. The van der Waals surface area contributed by atoms with Gasteiger partial charge in [-0.25, -0.2) is 0 Å². The van der Waals surface area contributed by atoms with Gasteiger partial charge in [0.15, 0.2) is 0 Å². The van der Waals surface area contributed by atoms with Crippen LogP contribution in [0.2, 0.25) is 0 Å². The standard InChI is InChI=1S/C14H17F3N2O2/c1-8-4-5-19-7-12(8)21-9-2-3-10(13(18)20)11(6-9)14(15,16)17/h2-3,6,8,12,19H,4-5,7H2,1H3,(H2,18,20). The Morgan fingerprint density at radius 1 is 1.43 bits per heavy atom. The van der Waals surface area contributed by atoms with Crippen molar-refractivity contribution in [2.24, 2.45) is 11.7 Å². The summed E-state index contributed by atoms with van der Waals surface area (Å²) in [6, 6.07) is 3.24. The molecule has 1 fully saturated rings. The smallest absolute Gasteiger partial charge is 0.417 e. The quantitative estimate of drug-likeness (QED) is 0.899. The normalized spacial score (nSPS) is 22.9. The molecule has 1 heterocycles. The van der Waals surface area contributed by atoms with Crippen LogP contribution in [-0.2, 0) is 6.18 Å². The Bertz CT molecular complexity index is 531. The molecule has 1 aliphatic heterocycles. The van der Waals surface area contributed by atoms with Crippen LogP contribution in [0.25, 0.3) is 0 Å². The Kier molecular flexibility index (Phi) is 4.41. The van der Waals surface area contributed by atoms with Crippen LogP contribution in [0.5, 0.6) is 5.75 Å². The predicted octanol–water partition coefficient (Wildman–Crippen LogP) is 2.18. The molecule has 1 aromatic carbocycles. The van der Waals surface area contributed by atoms with Gasteiger partial charge in [0.25, 0.3) is 0 Å². The minimum atomic E-state index is -4.65. The van der Waals surface area contributed by atoms with Gasteiger partial charge in [0, 0.05) is 6.54 Å². The molecule has 1 saturated heterocycles. The molecule has 116 valence electrons. The second kappa shape index (κ2) is 5.93. The summed E-state index contributed by atoms with van der Waals surface area (Å²) in [5.41, 5.74) is 3.36. The van der Waals surface area contributed by atoms with Gasteiger partial charge in [-0.1, -0.05) is 6.92 Å². The fourth-order valence-corrected chi connectivity index (χ4v) is 2.34. The lowest BCUT2D eigenvalue weighted by molar-refractivity contribution is -0.138. The number of piperidine rings is 1. The largest absolute Gasteiger partial charge is 0.489 e. The van der Waals surface area contributed by atoms with Gasteiger partial charge in [0.1, 0.15) is 11.9 Å². The highest BCUT2D eigenvalue weighted by molar-refractivity contribution is 5.94. The van der Waals surface area contributed by atoms with Crippen LogP contribution >= 0.6 is 0 Å². The number of amides is 1. The van der Waals surface area contributed by atoms with E-state index in [1.54, 1.807) is 0 Å². The van der Waals surface area contributed by atoms with Crippen molar-refractivity contribution in [2.45, 2.75) is 25.6 Å². The number of nitrogens with two attached hydrogens (primary N) is 1. The van der Waals surface area contributed by atoms with Gasteiger partial charge in [-0.2, -0.15) is 13.2 Å². The third-order valence-electron chi connectivity index (χ3n) is 3.61. The van der Waals surface area contributed by atoms with Crippen molar-refractivity contribution >= 4 is 5.91 Å². The van der Waals surface area contributed by atoms with Gasteiger partial charge in [0.2, 0.25) is 5.91 Å². The van der Waals surface area contributed by atoms with Crippen LogP contribution in [0, 0.1) is 5.92 Å². The number of carbonyl (C=O) groups is 1. The highest BCUT2D eigenvalue weighted by Gasteiger charge is 2.35. The highest BCUT2D eigenvalue weighted by atomic mass is 19.4. The maximum atomic E-state index is 13.0. The molecule has 0 aromatic heterocycles. The van der Waals surface area contributed by atoms with Gasteiger partial charge in [0.05, 0.1) is 11.1 Å². The van der Waals surface area contributed by atoms with Gasteiger partial charge >= 0.3 is 6.18 Å². The number of rotatable bonds is 3. The molecule has 2 atom stereocenters. The molecule has 0 aliphatic carbocycles. The number of halogens is 3. The zero-order chi connectivity index (χ0) is 15.6. The topological polar surface area (TPSA) is 64.3 Å². The molecule has 1 amide bonds. The van der Waals surface area contributed by atoms with Crippen LogP contribution in [-0.4, -0.2) is 25.1 Å². The van der Waals surface area contributed by atoms with Crippen molar-refractivity contribution in [1.29, 1.82) is 0 Å². The minimum Gasteiger partial charge on any atom is -0.489 e. The van der Waals surface area contributed by atoms with Crippen molar-refractivity contribution in [3.8, 4) is 5.75 Å². The van der Waals surface area contributed by atoms with E-state index in [4.69, 9.17) is 10.5 Å². The third-order valence-corrected chi connectivity index (χ3v) is 3.61. The van der Waals surface area contributed by atoms with Gasteiger partial charge in [-0.15, -0.1) is 0 Å². The molecule has 7 heteroatoms. The van der Waals surface area contributed by atoms with Crippen molar-refractivity contribution in [2.75, 3.05) is 13.1 Å². The zero-order valence-corrected chi connectivity index (χ0v) is 11.5. The molecule has 0 radical (unpaired) electrons.